The molecule has 17 heavy (non-hydrogen) atoms. The van der Waals surface area contributed by atoms with E-state index < -0.39 is 0 Å². The molecule has 0 amide bonds. The minimum Gasteiger partial charge on any atom is -0.339 e. The Hall–Kier alpha value is -1.98. The molecular formula is C11H14N4O2. The fourth-order valence-corrected chi connectivity index (χ4v) is 1.62. The smallest absolute Gasteiger partial charge is 0.254 e. The molecule has 0 aliphatic carbocycles. The molecule has 90 valence electrons. The molecule has 2 aromatic heterocycles. The zero-order chi connectivity index (χ0) is 12.4. The fourth-order valence-electron chi connectivity index (χ4n) is 1.62. The number of hydrogen-bond donors (Lipinski definition) is 1. The lowest BCUT2D eigenvalue weighted by molar-refractivity contribution is 0.379. The third-order valence-corrected chi connectivity index (χ3v) is 2.50. The van der Waals surface area contributed by atoms with E-state index in [-0.39, 0.29) is 5.56 Å². The van der Waals surface area contributed by atoms with Gasteiger partial charge in [-0.15, -0.1) is 0 Å². The maximum Gasteiger partial charge on any atom is 0.254 e. The van der Waals surface area contributed by atoms with E-state index in [4.69, 9.17) is 4.52 Å². The lowest BCUT2D eigenvalue weighted by Crippen LogP contribution is -2.18. The molecule has 0 saturated carbocycles. The van der Waals surface area contributed by atoms with Crippen LogP contribution >= 0.6 is 0 Å². The van der Waals surface area contributed by atoms with Crippen LogP contribution in [-0.4, -0.2) is 20.1 Å². The standard InChI is InChI=1S/C11H14N4O2/c1-4-9-14-10(17-15-9)5-8-6(2)12-7(3)13-11(8)16/h4-5H2,1-3H3,(H,12,13,16). The van der Waals surface area contributed by atoms with Crippen molar-refractivity contribution in [3.05, 3.63) is 39.2 Å². The molecule has 2 rings (SSSR count). The summed E-state index contributed by atoms with van der Waals surface area (Å²) in [7, 11) is 0. The lowest BCUT2D eigenvalue weighted by Gasteiger charge is -2.01. The Bertz CT molecular complexity index is 585. The molecule has 2 heterocycles. The van der Waals surface area contributed by atoms with Crippen LogP contribution in [-0.2, 0) is 12.8 Å². The average Bonchev–Trinajstić information content (AvgIpc) is 2.71. The van der Waals surface area contributed by atoms with Crippen molar-refractivity contribution in [1.82, 2.24) is 20.1 Å². The second-order valence-corrected chi connectivity index (χ2v) is 3.85. The van der Waals surface area contributed by atoms with E-state index in [1.54, 1.807) is 13.8 Å². The van der Waals surface area contributed by atoms with Crippen molar-refractivity contribution < 1.29 is 4.52 Å². The van der Waals surface area contributed by atoms with Crippen molar-refractivity contribution in [2.75, 3.05) is 0 Å². The molecule has 0 bridgehead atoms. The van der Waals surface area contributed by atoms with Gasteiger partial charge in [0.2, 0.25) is 5.89 Å². The quantitative estimate of drug-likeness (QED) is 0.853. The molecule has 6 nitrogen and oxygen atoms in total. The Kier molecular flexibility index (Phi) is 3.03. The van der Waals surface area contributed by atoms with Crippen LogP contribution in [0.2, 0.25) is 0 Å². The second-order valence-electron chi connectivity index (χ2n) is 3.85. The number of aromatic nitrogens is 4. The van der Waals surface area contributed by atoms with Gasteiger partial charge in [-0.3, -0.25) is 4.79 Å². The molecule has 2 aromatic rings. The highest BCUT2D eigenvalue weighted by Gasteiger charge is 2.12. The zero-order valence-corrected chi connectivity index (χ0v) is 10.1. The molecule has 0 radical (unpaired) electrons. The van der Waals surface area contributed by atoms with E-state index >= 15 is 0 Å². The van der Waals surface area contributed by atoms with Gasteiger partial charge in [0.25, 0.3) is 5.56 Å². The fraction of sp³-hybridized carbons (Fsp3) is 0.455. The van der Waals surface area contributed by atoms with Crippen molar-refractivity contribution >= 4 is 0 Å². The highest BCUT2D eigenvalue weighted by molar-refractivity contribution is 5.19. The number of H-pyrrole nitrogens is 1. The lowest BCUT2D eigenvalue weighted by atomic mass is 10.1. The van der Waals surface area contributed by atoms with Crippen molar-refractivity contribution in [2.24, 2.45) is 0 Å². The van der Waals surface area contributed by atoms with Crippen molar-refractivity contribution in [3.63, 3.8) is 0 Å². The van der Waals surface area contributed by atoms with Gasteiger partial charge >= 0.3 is 0 Å². The van der Waals surface area contributed by atoms with E-state index in [9.17, 15) is 4.79 Å². The first-order valence-corrected chi connectivity index (χ1v) is 5.48. The summed E-state index contributed by atoms with van der Waals surface area (Å²) in [5.74, 6) is 1.70. The van der Waals surface area contributed by atoms with Gasteiger partial charge in [0.05, 0.1) is 6.42 Å². The Balaban J connectivity index is 2.33. The Morgan fingerprint density at radius 3 is 2.65 bits per heavy atom. The highest BCUT2D eigenvalue weighted by Crippen LogP contribution is 2.07. The van der Waals surface area contributed by atoms with Crippen LogP contribution in [0.3, 0.4) is 0 Å². The first kappa shape index (κ1) is 11.5. The summed E-state index contributed by atoms with van der Waals surface area (Å²) in [5, 5.41) is 3.79. The van der Waals surface area contributed by atoms with Gasteiger partial charge in [-0.2, -0.15) is 4.98 Å². The summed E-state index contributed by atoms with van der Waals surface area (Å²) < 4.78 is 5.06. The van der Waals surface area contributed by atoms with Crippen LogP contribution in [0, 0.1) is 13.8 Å². The first-order valence-electron chi connectivity index (χ1n) is 5.48. The van der Waals surface area contributed by atoms with E-state index in [2.05, 4.69) is 20.1 Å². The van der Waals surface area contributed by atoms with E-state index in [1.807, 2.05) is 6.92 Å². The molecule has 0 aliphatic rings. The Morgan fingerprint density at radius 1 is 1.29 bits per heavy atom. The molecule has 0 spiro atoms. The largest absolute Gasteiger partial charge is 0.339 e. The predicted molar refractivity (Wildman–Crippen MR) is 60.8 cm³/mol. The van der Waals surface area contributed by atoms with Crippen molar-refractivity contribution in [3.8, 4) is 0 Å². The number of aryl methyl sites for hydroxylation is 3. The highest BCUT2D eigenvalue weighted by atomic mass is 16.5. The maximum atomic E-state index is 11.8. The van der Waals surface area contributed by atoms with Crippen LogP contribution in [0.15, 0.2) is 9.32 Å². The third-order valence-electron chi connectivity index (χ3n) is 2.50. The predicted octanol–water partition coefficient (Wildman–Crippen LogP) is 0.923. The van der Waals surface area contributed by atoms with Gasteiger partial charge in [0, 0.05) is 17.7 Å². The Morgan fingerprint density at radius 2 is 2.06 bits per heavy atom. The molecule has 0 saturated heterocycles. The minimum absolute atomic E-state index is 0.147. The number of nitrogens with zero attached hydrogens (tertiary/aromatic N) is 3. The normalized spacial score (nSPS) is 10.8. The van der Waals surface area contributed by atoms with Crippen LogP contribution in [0.4, 0.5) is 0 Å². The summed E-state index contributed by atoms with van der Waals surface area (Å²) in [4.78, 5) is 22.8. The summed E-state index contributed by atoms with van der Waals surface area (Å²) in [6, 6.07) is 0. The van der Waals surface area contributed by atoms with Gasteiger partial charge in [-0.05, 0) is 13.8 Å². The van der Waals surface area contributed by atoms with Crippen molar-refractivity contribution in [1.29, 1.82) is 0 Å². The van der Waals surface area contributed by atoms with Crippen molar-refractivity contribution in [2.45, 2.75) is 33.6 Å². The molecule has 1 N–H and O–H groups in total. The van der Waals surface area contributed by atoms with E-state index in [0.717, 1.165) is 0 Å². The summed E-state index contributed by atoms with van der Waals surface area (Å²) >= 11 is 0. The number of rotatable bonds is 3. The summed E-state index contributed by atoms with van der Waals surface area (Å²) in [6.07, 6.45) is 1.03. The van der Waals surface area contributed by atoms with Gasteiger partial charge in [0.1, 0.15) is 5.82 Å². The SMILES string of the molecule is CCc1noc(Cc2c(C)nc(C)[nH]c2=O)n1. The number of aromatic amines is 1. The Labute approximate surface area is 98.1 Å². The summed E-state index contributed by atoms with van der Waals surface area (Å²) in [6.45, 7) is 5.49. The molecule has 0 aromatic carbocycles. The van der Waals surface area contributed by atoms with Crippen LogP contribution in [0.1, 0.15) is 35.7 Å². The van der Waals surface area contributed by atoms with Crippen LogP contribution in [0.5, 0.6) is 0 Å². The maximum absolute atomic E-state index is 11.8. The summed E-state index contributed by atoms with van der Waals surface area (Å²) in [5.41, 5.74) is 1.12. The third kappa shape index (κ3) is 2.41. The number of hydrogen-bond acceptors (Lipinski definition) is 5. The van der Waals surface area contributed by atoms with Gasteiger partial charge in [-0.25, -0.2) is 4.98 Å². The van der Waals surface area contributed by atoms with Crippen LogP contribution < -0.4 is 5.56 Å². The van der Waals surface area contributed by atoms with Gasteiger partial charge in [-0.1, -0.05) is 12.1 Å². The monoisotopic (exact) mass is 234 g/mol. The zero-order valence-electron chi connectivity index (χ0n) is 10.1. The minimum atomic E-state index is -0.147. The average molecular weight is 234 g/mol. The molecule has 0 fully saturated rings. The second kappa shape index (κ2) is 4.48. The van der Waals surface area contributed by atoms with Gasteiger partial charge in [0.15, 0.2) is 5.82 Å². The molecule has 0 aliphatic heterocycles. The topological polar surface area (TPSA) is 84.7 Å². The molecule has 0 unspecified atom stereocenters. The molecule has 6 heteroatoms. The number of nitrogens with one attached hydrogen (secondary N) is 1. The van der Waals surface area contributed by atoms with E-state index in [1.165, 1.54) is 0 Å². The molecular weight excluding hydrogens is 220 g/mol. The first-order chi connectivity index (χ1) is 8.10. The van der Waals surface area contributed by atoms with E-state index in [0.29, 0.717) is 41.6 Å². The van der Waals surface area contributed by atoms with Gasteiger partial charge < -0.3 is 9.51 Å². The molecule has 0 atom stereocenters. The van der Waals surface area contributed by atoms with Crippen LogP contribution in [0.25, 0.3) is 0 Å².